The zero-order valence-corrected chi connectivity index (χ0v) is 12.8. The fraction of sp³-hybridized carbons (Fsp3) is 0.444. The Balaban J connectivity index is 1.57. The van der Waals surface area contributed by atoms with Crippen LogP contribution in [0.25, 0.3) is 10.9 Å². The van der Waals surface area contributed by atoms with E-state index < -0.39 is 0 Å². The van der Waals surface area contributed by atoms with E-state index in [0.717, 1.165) is 54.6 Å². The third-order valence-electron chi connectivity index (χ3n) is 5.22. The Hall–Kier alpha value is -1.94. The number of ether oxygens (including phenoxy) is 1. The van der Waals surface area contributed by atoms with Gasteiger partial charge in [0.25, 0.3) is 0 Å². The molecule has 0 unspecified atom stereocenters. The fourth-order valence-corrected chi connectivity index (χ4v) is 3.69. The van der Waals surface area contributed by atoms with Crippen molar-refractivity contribution in [2.75, 3.05) is 18.5 Å². The second-order valence-corrected chi connectivity index (χ2v) is 6.55. The van der Waals surface area contributed by atoms with Crippen LogP contribution < -0.4 is 5.32 Å². The lowest BCUT2D eigenvalue weighted by Crippen LogP contribution is -2.24. The monoisotopic (exact) mass is 296 g/mol. The molecule has 1 spiro atoms. The van der Waals surface area contributed by atoms with E-state index in [0.29, 0.717) is 0 Å². The number of nitrogens with one attached hydrogen (secondary N) is 1. The summed E-state index contributed by atoms with van der Waals surface area (Å²) in [5.74, 6) is 0.292. The Morgan fingerprint density at radius 1 is 1.32 bits per heavy atom. The Bertz CT molecular complexity index is 735. The van der Waals surface area contributed by atoms with E-state index in [9.17, 15) is 4.79 Å². The maximum Gasteiger partial charge on any atom is 0.228 e. The highest BCUT2D eigenvalue weighted by atomic mass is 16.5. The summed E-state index contributed by atoms with van der Waals surface area (Å²) < 4.78 is 5.42. The van der Waals surface area contributed by atoms with Gasteiger partial charge in [0.2, 0.25) is 5.91 Å². The van der Waals surface area contributed by atoms with E-state index in [1.54, 1.807) is 6.20 Å². The van der Waals surface area contributed by atoms with E-state index in [-0.39, 0.29) is 17.2 Å². The van der Waals surface area contributed by atoms with Crippen LogP contribution in [0.1, 0.15) is 24.8 Å². The zero-order chi connectivity index (χ0) is 15.2. The summed E-state index contributed by atoms with van der Waals surface area (Å²) in [6, 6.07) is 7.93. The molecular formula is C18H20N2O2. The van der Waals surface area contributed by atoms with Crippen molar-refractivity contribution in [1.29, 1.82) is 0 Å². The molecule has 2 aliphatic rings. The highest BCUT2D eigenvalue weighted by Crippen LogP contribution is 2.59. The molecule has 1 saturated heterocycles. The van der Waals surface area contributed by atoms with Crippen molar-refractivity contribution in [3.63, 3.8) is 0 Å². The van der Waals surface area contributed by atoms with Crippen LogP contribution in [0.2, 0.25) is 0 Å². The average Bonchev–Trinajstić information content (AvgIpc) is 3.24. The molecule has 4 nitrogen and oxygen atoms in total. The molecule has 1 N–H and O–H groups in total. The second kappa shape index (κ2) is 5.06. The first kappa shape index (κ1) is 13.7. The van der Waals surface area contributed by atoms with Gasteiger partial charge in [-0.1, -0.05) is 6.07 Å². The van der Waals surface area contributed by atoms with Gasteiger partial charge in [0.1, 0.15) is 0 Å². The first-order valence-electron chi connectivity index (χ1n) is 7.93. The van der Waals surface area contributed by atoms with Gasteiger partial charge in [-0.25, -0.2) is 0 Å². The van der Waals surface area contributed by atoms with Crippen LogP contribution in [-0.4, -0.2) is 24.1 Å². The first-order chi connectivity index (χ1) is 10.7. The summed E-state index contributed by atoms with van der Waals surface area (Å²) in [7, 11) is 0. The molecule has 4 heteroatoms. The van der Waals surface area contributed by atoms with Crippen LogP contribution in [0.3, 0.4) is 0 Å². The fourth-order valence-electron chi connectivity index (χ4n) is 3.69. The maximum atomic E-state index is 12.6. The van der Waals surface area contributed by atoms with Crippen molar-refractivity contribution in [2.24, 2.45) is 11.3 Å². The van der Waals surface area contributed by atoms with Crippen molar-refractivity contribution >= 4 is 22.5 Å². The Morgan fingerprint density at radius 3 is 2.95 bits per heavy atom. The lowest BCUT2D eigenvalue weighted by atomic mass is 9.93. The molecule has 2 fully saturated rings. The van der Waals surface area contributed by atoms with Crippen LogP contribution in [0.5, 0.6) is 0 Å². The van der Waals surface area contributed by atoms with Gasteiger partial charge in [-0.15, -0.1) is 0 Å². The molecule has 0 bridgehead atoms. The number of fused-ring (bicyclic) bond motifs is 1. The molecular weight excluding hydrogens is 276 g/mol. The minimum absolute atomic E-state index is 0.143. The first-order valence-corrected chi connectivity index (χ1v) is 7.93. The van der Waals surface area contributed by atoms with Gasteiger partial charge in [-0.3, -0.25) is 9.78 Å². The van der Waals surface area contributed by atoms with E-state index in [2.05, 4.69) is 10.3 Å². The Kier molecular flexibility index (Phi) is 3.15. The molecule has 2 aromatic rings. The van der Waals surface area contributed by atoms with Gasteiger partial charge in [-0.2, -0.15) is 0 Å². The summed E-state index contributed by atoms with van der Waals surface area (Å²) in [6.07, 6.45) is 4.83. The van der Waals surface area contributed by atoms with Gasteiger partial charge in [-0.05, 0) is 55.4 Å². The van der Waals surface area contributed by atoms with Crippen LogP contribution in [0.15, 0.2) is 30.5 Å². The zero-order valence-electron chi connectivity index (χ0n) is 12.8. The molecule has 1 aromatic heterocycles. The lowest BCUT2D eigenvalue weighted by molar-refractivity contribution is -0.118. The molecule has 22 heavy (non-hydrogen) atoms. The highest BCUT2D eigenvalue weighted by molar-refractivity contribution is 6.03. The molecule has 1 aliphatic heterocycles. The Labute approximate surface area is 129 Å². The summed E-state index contributed by atoms with van der Waals surface area (Å²) in [6.45, 7) is 3.63. The number of rotatable bonds is 2. The van der Waals surface area contributed by atoms with Crippen LogP contribution in [0, 0.1) is 18.3 Å². The van der Waals surface area contributed by atoms with Gasteiger partial charge in [0.15, 0.2) is 0 Å². The second-order valence-electron chi connectivity index (χ2n) is 6.55. The van der Waals surface area contributed by atoms with E-state index in [4.69, 9.17) is 4.74 Å². The maximum absolute atomic E-state index is 12.6. The van der Waals surface area contributed by atoms with Crippen molar-refractivity contribution in [3.8, 4) is 0 Å². The minimum Gasteiger partial charge on any atom is -0.381 e. The molecule has 0 radical (unpaired) electrons. The quantitative estimate of drug-likeness (QED) is 0.925. The van der Waals surface area contributed by atoms with Crippen molar-refractivity contribution in [3.05, 3.63) is 36.0 Å². The number of nitrogens with zero attached hydrogens (tertiary/aromatic N) is 1. The normalized spacial score (nSPS) is 22.7. The molecule has 1 atom stereocenters. The van der Waals surface area contributed by atoms with Crippen LogP contribution in [0.4, 0.5) is 5.69 Å². The van der Waals surface area contributed by atoms with Crippen LogP contribution >= 0.6 is 0 Å². The largest absolute Gasteiger partial charge is 0.381 e. The predicted molar refractivity (Wildman–Crippen MR) is 85.7 cm³/mol. The smallest absolute Gasteiger partial charge is 0.228 e. The number of hydrogen-bond donors (Lipinski definition) is 1. The van der Waals surface area contributed by atoms with Gasteiger partial charge >= 0.3 is 0 Å². The number of hydrogen-bond acceptors (Lipinski definition) is 3. The summed E-state index contributed by atoms with van der Waals surface area (Å²) >= 11 is 0. The van der Waals surface area contributed by atoms with Gasteiger partial charge in [0.05, 0.1) is 11.2 Å². The number of anilines is 1. The SMILES string of the molecule is Cc1ccc(NC(=O)[C@@H]2CC23CCOCC3)c2cccnc12. The molecule has 2 heterocycles. The third-order valence-corrected chi connectivity index (χ3v) is 5.22. The number of pyridine rings is 1. The van der Waals surface area contributed by atoms with Gasteiger partial charge < -0.3 is 10.1 Å². The molecule has 114 valence electrons. The minimum atomic E-state index is 0.143. The number of amides is 1. The number of carbonyl (C=O) groups excluding carboxylic acids is 1. The summed E-state index contributed by atoms with van der Waals surface area (Å²) in [5.41, 5.74) is 3.16. The number of benzene rings is 1. The number of carbonyl (C=O) groups is 1. The molecule has 1 saturated carbocycles. The number of aromatic nitrogens is 1. The van der Waals surface area contributed by atoms with E-state index >= 15 is 0 Å². The number of aryl methyl sites for hydroxylation is 1. The van der Waals surface area contributed by atoms with Crippen molar-refractivity contribution in [1.82, 2.24) is 4.98 Å². The average molecular weight is 296 g/mol. The molecule has 1 aliphatic carbocycles. The van der Waals surface area contributed by atoms with Crippen molar-refractivity contribution in [2.45, 2.75) is 26.2 Å². The molecule has 4 rings (SSSR count). The predicted octanol–water partition coefficient (Wildman–Crippen LogP) is 3.30. The topological polar surface area (TPSA) is 51.2 Å². The highest BCUT2D eigenvalue weighted by Gasteiger charge is 2.57. The van der Waals surface area contributed by atoms with Crippen molar-refractivity contribution < 1.29 is 9.53 Å². The van der Waals surface area contributed by atoms with Gasteiger partial charge in [0, 0.05) is 30.7 Å². The molecule has 1 amide bonds. The summed E-state index contributed by atoms with van der Waals surface area (Å²) in [5, 5.41) is 4.14. The van der Waals surface area contributed by atoms with E-state index in [1.165, 1.54) is 0 Å². The lowest BCUT2D eigenvalue weighted by Gasteiger charge is -2.22. The van der Waals surface area contributed by atoms with E-state index in [1.807, 2.05) is 31.2 Å². The molecule has 1 aromatic carbocycles. The standard InChI is InChI=1S/C18H20N2O2/c1-12-4-5-15(13-3-2-8-19-16(12)13)20-17(21)14-11-18(14)6-9-22-10-7-18/h2-5,8,14H,6-7,9-11H2,1H3,(H,20,21)/t14-/m0/s1. The third kappa shape index (κ3) is 2.18. The van der Waals surface area contributed by atoms with Crippen LogP contribution in [-0.2, 0) is 9.53 Å². The summed E-state index contributed by atoms with van der Waals surface area (Å²) in [4.78, 5) is 17.0. The Morgan fingerprint density at radius 2 is 2.14 bits per heavy atom.